The SMILES string of the molecule is CC(F)Oc1ccc(Cl)cc1-c1nn(CC(=O)N2CCC[C@@H]2CN(C)C)cc1NC(=O)c1c(N)nn2cccnc12. The van der Waals surface area contributed by atoms with Crippen molar-refractivity contribution in [1.29, 1.82) is 0 Å². The Labute approximate surface area is 240 Å². The molecule has 2 atom stereocenters. The van der Waals surface area contributed by atoms with E-state index in [9.17, 15) is 14.0 Å². The summed E-state index contributed by atoms with van der Waals surface area (Å²) in [6, 6.07) is 6.41. The van der Waals surface area contributed by atoms with Gasteiger partial charge < -0.3 is 25.6 Å². The van der Waals surface area contributed by atoms with E-state index in [0.29, 0.717) is 17.1 Å². The normalized spacial score (nSPS) is 16.0. The van der Waals surface area contributed by atoms with Gasteiger partial charge in [-0.2, -0.15) is 5.10 Å². The molecular formula is C27H31ClFN9O3. The lowest BCUT2D eigenvalue weighted by Gasteiger charge is -2.27. The van der Waals surface area contributed by atoms with E-state index in [1.54, 1.807) is 30.6 Å². The van der Waals surface area contributed by atoms with Crippen molar-refractivity contribution in [3.8, 4) is 17.0 Å². The second-order valence-corrected chi connectivity index (χ2v) is 10.6. The molecule has 1 aromatic carbocycles. The van der Waals surface area contributed by atoms with Crippen LogP contribution in [0.15, 0.2) is 42.9 Å². The highest BCUT2D eigenvalue weighted by Crippen LogP contribution is 2.37. The molecule has 0 bridgehead atoms. The van der Waals surface area contributed by atoms with Gasteiger partial charge in [-0.1, -0.05) is 11.6 Å². The number of likely N-dealkylation sites (N-methyl/N-ethyl adjacent to an activating group) is 1. The molecule has 1 aliphatic rings. The van der Waals surface area contributed by atoms with Crippen molar-refractivity contribution >= 4 is 40.6 Å². The van der Waals surface area contributed by atoms with E-state index in [1.807, 2.05) is 19.0 Å². The smallest absolute Gasteiger partial charge is 0.263 e. The van der Waals surface area contributed by atoms with Crippen molar-refractivity contribution in [2.45, 2.75) is 38.7 Å². The van der Waals surface area contributed by atoms with E-state index in [-0.39, 0.29) is 52.7 Å². The predicted molar refractivity (Wildman–Crippen MR) is 153 cm³/mol. The summed E-state index contributed by atoms with van der Waals surface area (Å²) in [4.78, 5) is 35.0. The van der Waals surface area contributed by atoms with Crippen LogP contribution in [0.1, 0.15) is 30.1 Å². The first kappa shape index (κ1) is 28.3. The average molecular weight is 584 g/mol. The number of nitrogen functional groups attached to an aromatic ring is 1. The van der Waals surface area contributed by atoms with Crippen LogP contribution >= 0.6 is 11.6 Å². The number of nitrogens with zero attached hydrogens (tertiary/aromatic N) is 7. The Morgan fingerprint density at radius 1 is 1.32 bits per heavy atom. The zero-order valence-corrected chi connectivity index (χ0v) is 23.7. The van der Waals surface area contributed by atoms with E-state index < -0.39 is 12.3 Å². The molecule has 1 saturated heterocycles. The van der Waals surface area contributed by atoms with Crippen molar-refractivity contribution in [2.24, 2.45) is 0 Å². The number of halogens is 2. The molecule has 216 valence electrons. The van der Waals surface area contributed by atoms with Gasteiger partial charge in [0.05, 0.1) is 5.69 Å². The molecule has 0 radical (unpaired) electrons. The number of benzene rings is 1. The van der Waals surface area contributed by atoms with Gasteiger partial charge in [0.2, 0.25) is 12.3 Å². The van der Waals surface area contributed by atoms with Crippen LogP contribution in [-0.2, 0) is 11.3 Å². The van der Waals surface area contributed by atoms with Gasteiger partial charge in [-0.15, -0.1) is 5.10 Å². The molecule has 3 N–H and O–H groups in total. The first-order chi connectivity index (χ1) is 19.6. The lowest BCUT2D eigenvalue weighted by atomic mass is 10.1. The summed E-state index contributed by atoms with van der Waals surface area (Å²) in [5, 5.41) is 11.9. The number of hydrogen-bond acceptors (Lipinski definition) is 8. The van der Waals surface area contributed by atoms with Crippen LogP contribution in [0.25, 0.3) is 16.9 Å². The van der Waals surface area contributed by atoms with Gasteiger partial charge in [-0.25, -0.2) is 13.9 Å². The Bertz CT molecular complexity index is 1590. The topological polar surface area (TPSA) is 136 Å². The summed E-state index contributed by atoms with van der Waals surface area (Å²) in [6.07, 6.45) is 4.93. The zero-order chi connectivity index (χ0) is 29.3. The highest BCUT2D eigenvalue weighted by Gasteiger charge is 2.30. The van der Waals surface area contributed by atoms with E-state index >= 15 is 0 Å². The Hall–Kier alpha value is -4.23. The number of amides is 2. The largest absolute Gasteiger partial charge is 0.460 e. The van der Waals surface area contributed by atoms with Gasteiger partial charge in [-0.3, -0.25) is 14.3 Å². The van der Waals surface area contributed by atoms with Crippen LogP contribution in [0.3, 0.4) is 0 Å². The summed E-state index contributed by atoms with van der Waals surface area (Å²) >= 11 is 6.29. The van der Waals surface area contributed by atoms with Crippen molar-refractivity contribution < 1.29 is 18.7 Å². The molecule has 3 aromatic heterocycles. The molecule has 14 heteroatoms. The molecule has 2 amide bonds. The third kappa shape index (κ3) is 6.10. The quantitative estimate of drug-likeness (QED) is 0.306. The predicted octanol–water partition coefficient (Wildman–Crippen LogP) is 3.33. The molecule has 1 fully saturated rings. The molecule has 4 aromatic rings. The van der Waals surface area contributed by atoms with Crippen LogP contribution in [0.2, 0.25) is 5.02 Å². The maximum Gasteiger partial charge on any atom is 0.263 e. The highest BCUT2D eigenvalue weighted by atomic mass is 35.5. The number of ether oxygens (including phenoxy) is 1. The molecule has 0 spiro atoms. The van der Waals surface area contributed by atoms with Gasteiger partial charge in [0, 0.05) is 55.2 Å². The summed E-state index contributed by atoms with van der Waals surface area (Å²) < 4.78 is 22.1. The number of anilines is 2. The first-order valence-electron chi connectivity index (χ1n) is 13.1. The first-order valence-corrected chi connectivity index (χ1v) is 13.5. The minimum Gasteiger partial charge on any atom is -0.460 e. The number of alkyl halides is 1. The molecule has 41 heavy (non-hydrogen) atoms. The summed E-state index contributed by atoms with van der Waals surface area (Å²) in [5.74, 6) is -0.530. The van der Waals surface area contributed by atoms with Gasteiger partial charge >= 0.3 is 0 Å². The zero-order valence-electron chi connectivity index (χ0n) is 22.9. The third-order valence-electron chi connectivity index (χ3n) is 6.72. The van der Waals surface area contributed by atoms with Crippen molar-refractivity contribution in [2.75, 3.05) is 38.2 Å². The summed E-state index contributed by atoms with van der Waals surface area (Å²) in [5.41, 5.74) is 7.21. The van der Waals surface area contributed by atoms with Crippen LogP contribution < -0.4 is 15.8 Å². The number of carbonyl (C=O) groups excluding carboxylic acids is 2. The fraction of sp³-hybridized carbons (Fsp3) is 0.370. The molecule has 1 unspecified atom stereocenters. The fourth-order valence-electron chi connectivity index (χ4n) is 5.07. The van der Waals surface area contributed by atoms with E-state index in [0.717, 1.165) is 19.4 Å². The number of hydrogen-bond donors (Lipinski definition) is 2. The minimum atomic E-state index is -1.62. The van der Waals surface area contributed by atoms with E-state index in [2.05, 4.69) is 25.4 Å². The number of nitrogens with one attached hydrogen (secondary N) is 1. The van der Waals surface area contributed by atoms with E-state index in [1.165, 1.54) is 28.4 Å². The molecule has 4 heterocycles. The number of nitrogens with two attached hydrogens (primary N) is 1. The van der Waals surface area contributed by atoms with Gasteiger partial charge in [0.1, 0.15) is 23.6 Å². The number of likely N-dealkylation sites (tertiary alicyclic amines) is 1. The second-order valence-electron chi connectivity index (χ2n) is 10.1. The highest BCUT2D eigenvalue weighted by molar-refractivity contribution is 6.31. The lowest BCUT2D eigenvalue weighted by molar-refractivity contribution is -0.133. The van der Waals surface area contributed by atoms with Crippen molar-refractivity contribution in [3.63, 3.8) is 0 Å². The van der Waals surface area contributed by atoms with E-state index in [4.69, 9.17) is 22.1 Å². The van der Waals surface area contributed by atoms with Gasteiger partial charge in [0.15, 0.2) is 11.5 Å². The minimum absolute atomic E-state index is 0.00989. The molecule has 0 aliphatic carbocycles. The van der Waals surface area contributed by atoms with Crippen LogP contribution in [0, 0.1) is 0 Å². The standard InChI is InChI=1S/C27H31ClFN9O3/c1-16(29)41-21-8-7-17(28)12-19(21)24-20(32-27(40)23-25(30)34-38-11-5-9-31-26(23)38)14-36(33-24)15-22(39)37-10-4-6-18(37)13-35(2)3/h5,7-9,11-12,14,16,18H,4,6,10,13,15H2,1-3H3,(H2,30,34)(H,32,40)/t16?,18-/m1/s1. The number of fused-ring (bicyclic) bond motifs is 1. The van der Waals surface area contributed by atoms with Crippen molar-refractivity contribution in [3.05, 3.63) is 53.4 Å². The Balaban J connectivity index is 1.52. The summed E-state index contributed by atoms with van der Waals surface area (Å²) in [7, 11) is 3.95. The summed E-state index contributed by atoms with van der Waals surface area (Å²) in [6.45, 7) is 2.61. The Morgan fingerprint density at radius 3 is 2.88 bits per heavy atom. The third-order valence-corrected chi connectivity index (χ3v) is 6.95. The lowest BCUT2D eigenvalue weighted by Crippen LogP contribution is -2.42. The number of aromatic nitrogens is 5. The molecule has 1 aliphatic heterocycles. The average Bonchev–Trinajstić information content (AvgIpc) is 3.60. The fourth-order valence-corrected chi connectivity index (χ4v) is 5.24. The number of rotatable bonds is 9. The molecule has 12 nitrogen and oxygen atoms in total. The Morgan fingerprint density at radius 2 is 2.12 bits per heavy atom. The van der Waals surface area contributed by atoms with Crippen LogP contribution in [0.4, 0.5) is 15.9 Å². The second kappa shape index (κ2) is 11.7. The van der Waals surface area contributed by atoms with Crippen LogP contribution in [0.5, 0.6) is 5.75 Å². The maximum absolute atomic E-state index is 13.9. The van der Waals surface area contributed by atoms with Crippen molar-refractivity contribution in [1.82, 2.24) is 34.2 Å². The molecular weight excluding hydrogens is 553 g/mol. The molecule has 0 saturated carbocycles. The Kier molecular flexibility index (Phi) is 8.08. The maximum atomic E-state index is 13.9. The monoisotopic (exact) mass is 583 g/mol. The van der Waals surface area contributed by atoms with Gasteiger partial charge in [-0.05, 0) is 51.2 Å². The molecule has 5 rings (SSSR count). The van der Waals surface area contributed by atoms with Gasteiger partial charge in [0.25, 0.3) is 5.91 Å². The number of carbonyl (C=O) groups is 2. The van der Waals surface area contributed by atoms with Crippen LogP contribution in [-0.4, -0.2) is 85.6 Å².